The molecule has 0 saturated carbocycles. The molecule has 0 aliphatic carbocycles. The highest BCUT2D eigenvalue weighted by Crippen LogP contribution is 2.20. The van der Waals surface area contributed by atoms with Crippen LogP contribution in [0.5, 0.6) is 0 Å². The van der Waals surface area contributed by atoms with Crippen molar-refractivity contribution in [1.29, 1.82) is 5.41 Å². The highest BCUT2D eigenvalue weighted by molar-refractivity contribution is 6.14. The van der Waals surface area contributed by atoms with E-state index in [4.69, 9.17) is 15.9 Å². The average molecular weight is 312 g/mol. The molecule has 0 radical (unpaired) electrons. The first-order valence-electron chi connectivity index (χ1n) is 7.72. The predicted octanol–water partition coefficient (Wildman–Crippen LogP) is 2.86. The molecule has 1 heterocycles. The Kier molecular flexibility index (Phi) is 5.71. The molecule has 0 aliphatic rings. The minimum Gasteiger partial charge on any atom is -0.398 e. The molecule has 0 unspecified atom stereocenters. The second-order valence-electron chi connectivity index (χ2n) is 5.44. The van der Waals surface area contributed by atoms with Gasteiger partial charge in [-0.05, 0) is 37.6 Å². The van der Waals surface area contributed by atoms with Crippen LogP contribution in [0.25, 0.3) is 0 Å². The summed E-state index contributed by atoms with van der Waals surface area (Å²) in [5.41, 5.74) is 9.74. The van der Waals surface area contributed by atoms with Crippen LogP contribution in [0.3, 0.4) is 0 Å². The standard InChI is InChI=1S/C18H24N4O/c1-4-22(9-10-23-3)17-12-14(7-8-21-17)18(20)15-6-5-13(2)11-16(15)19/h5-8,11-12,20H,4,9-10,19H2,1-3H3. The van der Waals surface area contributed by atoms with Crippen LogP contribution in [0.1, 0.15) is 23.6 Å². The number of hydrogen-bond acceptors (Lipinski definition) is 5. The number of methoxy groups -OCH3 is 1. The first-order valence-corrected chi connectivity index (χ1v) is 7.72. The molecule has 3 N–H and O–H groups in total. The molecule has 0 fully saturated rings. The Morgan fingerprint density at radius 1 is 1.30 bits per heavy atom. The smallest absolute Gasteiger partial charge is 0.129 e. The molecule has 0 aliphatic heterocycles. The molecule has 0 bridgehead atoms. The SMILES string of the molecule is CCN(CCOC)c1cc(C(=N)c2ccc(C)cc2N)ccn1. The number of pyridine rings is 1. The zero-order valence-corrected chi connectivity index (χ0v) is 14.0. The Morgan fingerprint density at radius 3 is 2.74 bits per heavy atom. The van der Waals surface area contributed by atoms with E-state index in [9.17, 15) is 0 Å². The van der Waals surface area contributed by atoms with E-state index in [0.717, 1.165) is 35.6 Å². The molecule has 23 heavy (non-hydrogen) atoms. The van der Waals surface area contributed by atoms with Crippen LogP contribution in [-0.4, -0.2) is 37.5 Å². The van der Waals surface area contributed by atoms with Gasteiger partial charge in [-0.15, -0.1) is 0 Å². The highest BCUT2D eigenvalue weighted by Gasteiger charge is 2.12. The van der Waals surface area contributed by atoms with Gasteiger partial charge in [0.05, 0.1) is 12.3 Å². The molecule has 0 amide bonds. The Morgan fingerprint density at radius 2 is 2.09 bits per heavy atom. The number of rotatable bonds is 7. The van der Waals surface area contributed by atoms with Gasteiger partial charge in [0.2, 0.25) is 0 Å². The molecular formula is C18H24N4O. The number of hydrogen-bond donors (Lipinski definition) is 2. The summed E-state index contributed by atoms with van der Waals surface area (Å²) in [6.07, 6.45) is 1.74. The van der Waals surface area contributed by atoms with Gasteiger partial charge in [0.25, 0.3) is 0 Å². The number of aryl methyl sites for hydroxylation is 1. The minimum atomic E-state index is 0.411. The van der Waals surface area contributed by atoms with E-state index in [1.54, 1.807) is 13.3 Å². The summed E-state index contributed by atoms with van der Waals surface area (Å²) in [7, 11) is 1.69. The zero-order chi connectivity index (χ0) is 16.8. The fourth-order valence-electron chi connectivity index (χ4n) is 2.45. The quantitative estimate of drug-likeness (QED) is 0.609. The third kappa shape index (κ3) is 4.07. The molecule has 5 heteroatoms. The number of nitrogen functional groups attached to an aromatic ring is 1. The van der Waals surface area contributed by atoms with E-state index in [2.05, 4.69) is 16.8 Å². The third-order valence-electron chi connectivity index (χ3n) is 3.78. The van der Waals surface area contributed by atoms with Gasteiger partial charge in [-0.1, -0.05) is 12.1 Å². The molecule has 0 saturated heterocycles. The second kappa shape index (κ2) is 7.74. The number of nitrogens with two attached hydrogens (primary N) is 1. The topological polar surface area (TPSA) is 75.2 Å². The minimum absolute atomic E-state index is 0.411. The lowest BCUT2D eigenvalue weighted by Gasteiger charge is -2.22. The van der Waals surface area contributed by atoms with Crippen LogP contribution in [0.15, 0.2) is 36.5 Å². The van der Waals surface area contributed by atoms with Crippen molar-refractivity contribution in [2.75, 3.05) is 37.4 Å². The van der Waals surface area contributed by atoms with E-state index in [1.807, 2.05) is 37.3 Å². The van der Waals surface area contributed by atoms with Gasteiger partial charge in [-0.25, -0.2) is 4.98 Å². The molecule has 1 aromatic carbocycles. The van der Waals surface area contributed by atoms with E-state index in [-0.39, 0.29) is 0 Å². The average Bonchev–Trinajstić information content (AvgIpc) is 2.55. The molecule has 2 aromatic rings. The summed E-state index contributed by atoms with van der Waals surface area (Å²) < 4.78 is 5.14. The maximum absolute atomic E-state index is 8.46. The maximum atomic E-state index is 8.46. The summed E-state index contributed by atoms with van der Waals surface area (Å²) in [4.78, 5) is 6.54. The molecule has 0 spiro atoms. The van der Waals surface area contributed by atoms with Gasteiger partial charge >= 0.3 is 0 Å². The van der Waals surface area contributed by atoms with E-state index in [1.165, 1.54) is 0 Å². The summed E-state index contributed by atoms with van der Waals surface area (Å²) >= 11 is 0. The molecule has 5 nitrogen and oxygen atoms in total. The van der Waals surface area contributed by atoms with Crippen molar-refractivity contribution in [2.24, 2.45) is 0 Å². The van der Waals surface area contributed by atoms with E-state index < -0.39 is 0 Å². The van der Waals surface area contributed by atoms with Gasteiger partial charge in [0, 0.05) is 43.2 Å². The number of aromatic nitrogens is 1. The van der Waals surface area contributed by atoms with Crippen molar-refractivity contribution in [3.8, 4) is 0 Å². The number of nitrogens with one attached hydrogen (secondary N) is 1. The van der Waals surface area contributed by atoms with Crippen molar-refractivity contribution in [3.05, 3.63) is 53.2 Å². The monoisotopic (exact) mass is 312 g/mol. The molecule has 1 aromatic heterocycles. The van der Waals surface area contributed by atoms with Crippen LogP contribution in [0, 0.1) is 12.3 Å². The van der Waals surface area contributed by atoms with Gasteiger partial charge in [-0.2, -0.15) is 0 Å². The van der Waals surface area contributed by atoms with Crippen LogP contribution in [-0.2, 0) is 4.74 Å². The Bertz CT molecular complexity index is 684. The number of likely N-dealkylation sites (N-methyl/N-ethyl adjacent to an activating group) is 1. The fourth-order valence-corrected chi connectivity index (χ4v) is 2.45. The van der Waals surface area contributed by atoms with E-state index in [0.29, 0.717) is 18.0 Å². The molecule has 0 atom stereocenters. The molecule has 2 rings (SSSR count). The lowest BCUT2D eigenvalue weighted by Crippen LogP contribution is -2.27. The van der Waals surface area contributed by atoms with Crippen molar-refractivity contribution in [2.45, 2.75) is 13.8 Å². The Hall–Kier alpha value is -2.40. The number of benzene rings is 1. The fraction of sp³-hybridized carbons (Fsp3) is 0.333. The normalized spacial score (nSPS) is 10.6. The second-order valence-corrected chi connectivity index (χ2v) is 5.44. The van der Waals surface area contributed by atoms with Gasteiger partial charge < -0.3 is 15.4 Å². The van der Waals surface area contributed by atoms with E-state index >= 15 is 0 Å². The number of nitrogens with zero attached hydrogens (tertiary/aromatic N) is 2. The number of anilines is 2. The molecular weight excluding hydrogens is 288 g/mol. The van der Waals surface area contributed by atoms with Crippen LogP contribution >= 0.6 is 0 Å². The summed E-state index contributed by atoms with van der Waals surface area (Å²) in [6.45, 7) is 6.31. The zero-order valence-electron chi connectivity index (χ0n) is 14.0. The Labute approximate surface area is 137 Å². The first kappa shape index (κ1) is 17.0. The lowest BCUT2D eigenvalue weighted by molar-refractivity contribution is 0.205. The van der Waals surface area contributed by atoms with Crippen LogP contribution in [0.4, 0.5) is 11.5 Å². The van der Waals surface area contributed by atoms with Gasteiger partial charge in [0.15, 0.2) is 0 Å². The Balaban J connectivity index is 2.29. The summed E-state index contributed by atoms with van der Waals surface area (Å²) in [5.74, 6) is 0.845. The summed E-state index contributed by atoms with van der Waals surface area (Å²) in [5, 5.41) is 8.46. The summed E-state index contributed by atoms with van der Waals surface area (Å²) in [6, 6.07) is 9.54. The molecule has 122 valence electrons. The largest absolute Gasteiger partial charge is 0.398 e. The lowest BCUT2D eigenvalue weighted by atomic mass is 10.0. The third-order valence-corrected chi connectivity index (χ3v) is 3.78. The first-order chi connectivity index (χ1) is 11.1. The van der Waals surface area contributed by atoms with Crippen LogP contribution in [0.2, 0.25) is 0 Å². The van der Waals surface area contributed by atoms with Crippen LogP contribution < -0.4 is 10.6 Å². The highest BCUT2D eigenvalue weighted by atomic mass is 16.5. The van der Waals surface area contributed by atoms with Gasteiger partial charge in [-0.3, -0.25) is 5.41 Å². The van der Waals surface area contributed by atoms with Crippen molar-refractivity contribution in [3.63, 3.8) is 0 Å². The predicted molar refractivity (Wildman–Crippen MR) is 95.5 cm³/mol. The maximum Gasteiger partial charge on any atom is 0.129 e. The van der Waals surface area contributed by atoms with Crippen molar-refractivity contribution < 1.29 is 4.74 Å². The van der Waals surface area contributed by atoms with Crippen molar-refractivity contribution in [1.82, 2.24) is 4.98 Å². The van der Waals surface area contributed by atoms with Crippen molar-refractivity contribution >= 4 is 17.2 Å². The van der Waals surface area contributed by atoms with Gasteiger partial charge in [0.1, 0.15) is 5.82 Å². The number of ether oxygens (including phenoxy) is 1.